The molecule has 2 saturated carbocycles. The highest BCUT2D eigenvalue weighted by atomic mass is 35.5. The quantitative estimate of drug-likeness (QED) is 0.0613. The van der Waals surface area contributed by atoms with Crippen LogP contribution in [0.1, 0.15) is 99.8 Å². The molecule has 0 N–H and O–H groups in total. The molecule has 4 unspecified atom stereocenters. The second-order valence-electron chi connectivity index (χ2n) is 12.6. The van der Waals surface area contributed by atoms with Crippen molar-refractivity contribution in [3.63, 3.8) is 0 Å². The number of benzene rings is 2. The maximum absolute atomic E-state index is 13.1. The molecule has 4 atom stereocenters. The Balaban J connectivity index is 1.46. The smallest absolute Gasteiger partial charge is 0.423 e. The van der Waals surface area contributed by atoms with Gasteiger partial charge in [-0.1, -0.05) is 110 Å². The molecular formula is C34H36Cl6O8. The first-order valence-electron chi connectivity index (χ1n) is 15.7. The van der Waals surface area contributed by atoms with Gasteiger partial charge in [0, 0.05) is 0 Å². The van der Waals surface area contributed by atoms with E-state index in [9.17, 15) is 19.2 Å². The minimum atomic E-state index is -1.64. The minimum absolute atomic E-state index is 0.0660. The van der Waals surface area contributed by atoms with Crippen molar-refractivity contribution >= 4 is 93.5 Å². The Morgan fingerprint density at radius 2 is 0.979 bits per heavy atom. The summed E-state index contributed by atoms with van der Waals surface area (Å²) >= 11 is 37.4. The van der Waals surface area contributed by atoms with Crippen molar-refractivity contribution in [2.24, 2.45) is 22.7 Å². The first-order valence-corrected chi connectivity index (χ1v) is 18.0. The average Bonchev–Trinajstić information content (AvgIpc) is 3.91. The molecule has 48 heavy (non-hydrogen) atoms. The highest BCUT2D eigenvalue weighted by Crippen LogP contribution is 2.58. The van der Waals surface area contributed by atoms with Crippen LogP contribution >= 0.6 is 69.6 Å². The maximum Gasteiger partial charge on any atom is 0.423 e. The molecule has 0 aromatic heterocycles. The number of carbonyl (C=O) groups excluding carboxylic acids is 4. The summed E-state index contributed by atoms with van der Waals surface area (Å²) in [6.45, 7) is 8.78. The van der Waals surface area contributed by atoms with E-state index in [4.69, 9.17) is 88.6 Å². The third kappa shape index (κ3) is 8.50. The summed E-state index contributed by atoms with van der Waals surface area (Å²) in [6.07, 6.45) is 7.27. The lowest BCUT2D eigenvalue weighted by molar-refractivity contribution is -0.156. The Kier molecular flexibility index (Phi) is 12.9. The number of rotatable bonds is 14. The van der Waals surface area contributed by atoms with Gasteiger partial charge in [0.25, 0.3) is 0 Å². The highest BCUT2D eigenvalue weighted by molar-refractivity contribution is 6.47. The molecule has 8 nitrogen and oxygen atoms in total. The summed E-state index contributed by atoms with van der Waals surface area (Å²) < 4.78 is 21.2. The molecule has 2 fully saturated rings. The molecule has 0 bridgehead atoms. The van der Waals surface area contributed by atoms with E-state index in [0.717, 1.165) is 50.7 Å². The van der Waals surface area contributed by atoms with Gasteiger partial charge in [-0.2, -0.15) is 0 Å². The van der Waals surface area contributed by atoms with E-state index < -0.39 is 46.5 Å². The molecule has 4 rings (SSSR count). The average molecular weight is 785 g/mol. The molecule has 0 aliphatic heterocycles. The molecule has 2 aromatic carbocycles. The monoisotopic (exact) mass is 782 g/mol. The Hall–Kier alpha value is -1.94. The fourth-order valence-corrected chi connectivity index (χ4v) is 7.89. The van der Waals surface area contributed by atoms with Gasteiger partial charge in [0.1, 0.15) is 11.1 Å². The van der Waals surface area contributed by atoms with Gasteiger partial charge in [0.2, 0.25) is 0 Å². The first-order chi connectivity index (χ1) is 22.6. The lowest BCUT2D eigenvalue weighted by atomic mass is 9.95. The zero-order valence-electron chi connectivity index (χ0n) is 26.9. The molecule has 0 radical (unpaired) electrons. The van der Waals surface area contributed by atoms with Crippen LogP contribution in [0.25, 0.3) is 0 Å². The van der Waals surface area contributed by atoms with E-state index in [-0.39, 0.29) is 54.2 Å². The van der Waals surface area contributed by atoms with Crippen LogP contribution in [0.5, 0.6) is 11.5 Å². The summed E-state index contributed by atoms with van der Waals surface area (Å²) in [7, 11) is 0. The Labute approximate surface area is 309 Å². The SMILES string of the molecule is CCC1(CCCOC(=O)c2c(Cl)c(Cl)cc(Cl)c2OC(=O)C(=O)Oc2c(Cl)cc(Cl)c(Cl)c2C(=O)OCCCC2(CC)CC2C)CC1C. The van der Waals surface area contributed by atoms with Crippen LogP contribution in [0.4, 0.5) is 0 Å². The summed E-state index contributed by atoms with van der Waals surface area (Å²) in [6, 6.07) is 2.26. The van der Waals surface area contributed by atoms with E-state index in [2.05, 4.69) is 27.7 Å². The number of hydrogen-bond donors (Lipinski definition) is 0. The van der Waals surface area contributed by atoms with E-state index in [1.165, 1.54) is 0 Å². The van der Waals surface area contributed by atoms with Crippen molar-refractivity contribution in [2.45, 2.75) is 79.1 Å². The summed E-state index contributed by atoms with van der Waals surface area (Å²) in [5.74, 6) is -5.13. The molecule has 2 aromatic rings. The number of halogens is 6. The topological polar surface area (TPSA) is 105 Å². The molecule has 0 amide bonds. The standard InChI is InChI=1S/C34H36Cl6O8/c1-5-33(15-17(33)3)9-7-11-45-29(41)23-25(39)19(35)13-21(37)27(23)47-31(43)32(44)48-28-22(38)14-20(36)26(40)24(28)30(42)46-12-8-10-34(6-2)16-18(34)4/h13-14,17-18H,5-12,15-16H2,1-4H3. The third-order valence-corrected chi connectivity index (χ3v) is 12.1. The van der Waals surface area contributed by atoms with Crippen molar-refractivity contribution < 1.29 is 38.1 Å². The Morgan fingerprint density at radius 1 is 0.646 bits per heavy atom. The van der Waals surface area contributed by atoms with Crippen molar-refractivity contribution in [1.29, 1.82) is 0 Å². The van der Waals surface area contributed by atoms with Crippen molar-refractivity contribution in [2.75, 3.05) is 13.2 Å². The number of carbonyl (C=O) groups is 4. The first kappa shape index (κ1) is 38.9. The van der Waals surface area contributed by atoms with E-state index in [1.54, 1.807) is 0 Å². The summed E-state index contributed by atoms with van der Waals surface area (Å²) in [5.41, 5.74) is -0.402. The Bertz CT molecular complexity index is 1490. The second-order valence-corrected chi connectivity index (χ2v) is 15.0. The zero-order valence-corrected chi connectivity index (χ0v) is 31.4. The van der Waals surface area contributed by atoms with Gasteiger partial charge in [0.05, 0.1) is 43.3 Å². The summed E-state index contributed by atoms with van der Waals surface area (Å²) in [4.78, 5) is 52.2. The lowest BCUT2D eigenvalue weighted by Gasteiger charge is -2.17. The van der Waals surface area contributed by atoms with Gasteiger partial charge in [-0.15, -0.1) is 0 Å². The molecule has 0 heterocycles. The highest BCUT2D eigenvalue weighted by Gasteiger charge is 2.49. The number of esters is 4. The normalized spacial score (nSPS) is 22.5. The van der Waals surface area contributed by atoms with E-state index in [1.807, 2.05) is 0 Å². The molecule has 0 saturated heterocycles. The number of hydrogen-bond acceptors (Lipinski definition) is 8. The summed E-state index contributed by atoms with van der Waals surface area (Å²) in [5, 5.41) is -1.46. The molecule has 262 valence electrons. The van der Waals surface area contributed by atoms with Crippen molar-refractivity contribution in [3.05, 3.63) is 53.4 Å². The fraction of sp³-hybridized carbons (Fsp3) is 0.529. The van der Waals surface area contributed by atoms with Crippen LogP contribution in [0, 0.1) is 22.7 Å². The van der Waals surface area contributed by atoms with Crippen LogP contribution in [-0.4, -0.2) is 37.1 Å². The van der Waals surface area contributed by atoms with Gasteiger partial charge in [-0.05, 0) is 73.3 Å². The van der Waals surface area contributed by atoms with Crippen LogP contribution < -0.4 is 9.47 Å². The van der Waals surface area contributed by atoms with Crippen LogP contribution in [0.15, 0.2) is 12.1 Å². The zero-order chi connectivity index (χ0) is 35.6. The lowest BCUT2D eigenvalue weighted by Crippen LogP contribution is -2.27. The van der Waals surface area contributed by atoms with Gasteiger partial charge in [-0.3, -0.25) is 0 Å². The fourth-order valence-electron chi connectivity index (χ4n) is 6.45. The predicted molar refractivity (Wildman–Crippen MR) is 186 cm³/mol. The predicted octanol–water partition coefficient (Wildman–Crippen LogP) is 10.9. The van der Waals surface area contributed by atoms with Crippen molar-refractivity contribution in [1.82, 2.24) is 0 Å². The maximum atomic E-state index is 13.1. The van der Waals surface area contributed by atoms with Gasteiger partial charge in [-0.25, -0.2) is 19.2 Å². The van der Waals surface area contributed by atoms with Gasteiger partial charge < -0.3 is 18.9 Å². The van der Waals surface area contributed by atoms with Gasteiger partial charge in [0.15, 0.2) is 11.5 Å². The largest absolute Gasteiger partial charge is 0.462 e. The van der Waals surface area contributed by atoms with E-state index in [0.29, 0.717) is 24.7 Å². The second kappa shape index (κ2) is 15.9. The molecule has 0 spiro atoms. The van der Waals surface area contributed by atoms with E-state index >= 15 is 0 Å². The molecule has 2 aliphatic carbocycles. The Morgan fingerprint density at radius 3 is 1.27 bits per heavy atom. The minimum Gasteiger partial charge on any atom is -0.462 e. The molecule has 2 aliphatic rings. The third-order valence-electron chi connectivity index (χ3n) is 9.93. The molecular weight excluding hydrogens is 749 g/mol. The van der Waals surface area contributed by atoms with Crippen LogP contribution in [0.3, 0.4) is 0 Å². The van der Waals surface area contributed by atoms with Crippen molar-refractivity contribution in [3.8, 4) is 11.5 Å². The van der Waals surface area contributed by atoms with Gasteiger partial charge >= 0.3 is 23.9 Å². The number of ether oxygens (including phenoxy) is 4. The molecule has 14 heteroatoms. The van der Waals surface area contributed by atoms with Crippen LogP contribution in [-0.2, 0) is 19.1 Å². The van der Waals surface area contributed by atoms with Crippen LogP contribution in [0.2, 0.25) is 30.1 Å².